The summed E-state index contributed by atoms with van der Waals surface area (Å²) in [5.41, 5.74) is -0.300. The lowest BCUT2D eigenvalue weighted by Gasteiger charge is -2.52. The maximum absolute atomic E-state index is 7.16. The molecule has 0 aliphatic carbocycles. The van der Waals surface area contributed by atoms with Crippen molar-refractivity contribution in [2.24, 2.45) is 5.41 Å². The molecule has 2 aromatic carbocycles. The fraction of sp³-hybridized carbons (Fsp3) is 0.517. The Hall–Kier alpha value is -1.96. The first-order valence-electron chi connectivity index (χ1n) is 12.5. The molecule has 2 aliphatic rings. The maximum atomic E-state index is 7.16. The Bertz CT molecular complexity index is 959. The van der Waals surface area contributed by atoms with Gasteiger partial charge in [-0.15, -0.1) is 0 Å². The number of ether oxygens (including phenoxy) is 4. The van der Waals surface area contributed by atoms with Crippen molar-refractivity contribution in [2.75, 3.05) is 20.5 Å². The van der Waals surface area contributed by atoms with Gasteiger partial charge in [0.05, 0.1) is 18.1 Å². The van der Waals surface area contributed by atoms with Gasteiger partial charge in [0.25, 0.3) is 8.32 Å². The topological polar surface area (TPSA) is 46.2 Å². The van der Waals surface area contributed by atoms with Crippen molar-refractivity contribution in [1.29, 1.82) is 0 Å². The lowest BCUT2D eigenvalue weighted by Crippen LogP contribution is -2.68. The summed E-state index contributed by atoms with van der Waals surface area (Å²) in [7, 11) is -0.946. The molecule has 0 aromatic heterocycles. The summed E-state index contributed by atoms with van der Waals surface area (Å²) in [5.74, 6) is 0.898. The molecular formula is C29H40O5Si. The van der Waals surface area contributed by atoms with Crippen molar-refractivity contribution in [2.45, 2.75) is 71.0 Å². The standard InChI is InChI=1S/C29H40O5Si/c1-8-24-29(5,6)27(30-7)26-25(34-24)23(31-20-32-26)19-33-35(28(2,3)4,21-15-11-9-12-16-21)22-17-13-10-14-18-22/h8-18,23,25-27H,19-20H2,1-7H3/b24-8+/t23-,25-,26+,27-/m1/s1. The normalized spacial score (nSPS) is 27.8. The Labute approximate surface area is 211 Å². The highest BCUT2D eigenvalue weighted by molar-refractivity contribution is 6.99. The largest absolute Gasteiger partial charge is 0.489 e. The van der Waals surface area contributed by atoms with Gasteiger partial charge in [-0.3, -0.25) is 0 Å². The van der Waals surface area contributed by atoms with E-state index in [0.717, 1.165) is 5.76 Å². The molecule has 0 unspecified atom stereocenters. The number of rotatable bonds is 6. The molecule has 0 saturated carbocycles. The van der Waals surface area contributed by atoms with E-state index < -0.39 is 8.32 Å². The van der Waals surface area contributed by atoms with Crippen molar-refractivity contribution in [1.82, 2.24) is 0 Å². The average molecular weight is 497 g/mol. The van der Waals surface area contributed by atoms with E-state index in [1.54, 1.807) is 7.11 Å². The highest BCUT2D eigenvalue weighted by Gasteiger charge is 2.55. The zero-order valence-electron chi connectivity index (χ0n) is 22.1. The predicted octanol–water partition coefficient (Wildman–Crippen LogP) is 4.65. The van der Waals surface area contributed by atoms with Crippen LogP contribution in [-0.2, 0) is 23.4 Å². The number of allylic oxidation sites excluding steroid dienone is 1. The van der Waals surface area contributed by atoms with Crippen molar-refractivity contribution < 1.29 is 23.4 Å². The van der Waals surface area contributed by atoms with Crippen LogP contribution in [0.25, 0.3) is 0 Å². The van der Waals surface area contributed by atoms with Crippen LogP contribution < -0.4 is 10.4 Å². The van der Waals surface area contributed by atoms with Crippen LogP contribution >= 0.6 is 0 Å². The van der Waals surface area contributed by atoms with Crippen LogP contribution in [0, 0.1) is 5.41 Å². The minimum Gasteiger partial charge on any atom is -0.489 e. The van der Waals surface area contributed by atoms with E-state index in [1.807, 2.05) is 13.0 Å². The summed E-state index contributed by atoms with van der Waals surface area (Å²) < 4.78 is 31.9. The second-order valence-electron chi connectivity index (χ2n) is 11.0. The number of hydrogen-bond acceptors (Lipinski definition) is 5. The SMILES string of the molecule is C/C=C1/O[C@H]2[C@H](OCO[C@@H]2CO[Si](c2ccccc2)(c2ccccc2)C(C)(C)C)[C@@H](OC)C1(C)C. The maximum Gasteiger partial charge on any atom is 0.261 e. The van der Waals surface area contributed by atoms with Crippen LogP contribution in [0.3, 0.4) is 0 Å². The molecule has 35 heavy (non-hydrogen) atoms. The molecule has 4 rings (SSSR count). The van der Waals surface area contributed by atoms with Gasteiger partial charge < -0.3 is 23.4 Å². The molecule has 2 saturated heterocycles. The van der Waals surface area contributed by atoms with E-state index in [0.29, 0.717) is 6.61 Å². The van der Waals surface area contributed by atoms with Gasteiger partial charge in [0.15, 0.2) is 6.10 Å². The molecule has 6 heteroatoms. The molecule has 2 fully saturated rings. The van der Waals surface area contributed by atoms with Gasteiger partial charge in [-0.05, 0) is 28.4 Å². The average Bonchev–Trinajstić information content (AvgIpc) is 2.84. The van der Waals surface area contributed by atoms with E-state index in [9.17, 15) is 0 Å². The van der Waals surface area contributed by atoms with Crippen LogP contribution in [0.15, 0.2) is 72.5 Å². The molecule has 5 nitrogen and oxygen atoms in total. The number of fused-ring (bicyclic) bond motifs is 1. The first kappa shape index (κ1) is 26.1. The number of methoxy groups -OCH3 is 1. The molecular weight excluding hydrogens is 456 g/mol. The van der Waals surface area contributed by atoms with Gasteiger partial charge in [0.2, 0.25) is 0 Å². The van der Waals surface area contributed by atoms with Crippen molar-refractivity contribution in [3.8, 4) is 0 Å². The van der Waals surface area contributed by atoms with E-state index >= 15 is 0 Å². The Kier molecular flexibility index (Phi) is 7.60. The monoisotopic (exact) mass is 496 g/mol. The first-order valence-corrected chi connectivity index (χ1v) is 14.4. The molecule has 190 valence electrons. The summed E-state index contributed by atoms with van der Waals surface area (Å²) >= 11 is 0. The molecule has 2 aromatic rings. The minimum absolute atomic E-state index is 0.112. The van der Waals surface area contributed by atoms with E-state index in [2.05, 4.69) is 95.3 Å². The fourth-order valence-electron chi connectivity index (χ4n) is 5.84. The fourth-order valence-corrected chi connectivity index (χ4v) is 10.4. The summed E-state index contributed by atoms with van der Waals surface area (Å²) in [5, 5.41) is 2.38. The van der Waals surface area contributed by atoms with Gasteiger partial charge in [-0.2, -0.15) is 0 Å². The van der Waals surface area contributed by atoms with Gasteiger partial charge in [0.1, 0.15) is 24.8 Å². The highest BCUT2D eigenvalue weighted by Crippen LogP contribution is 2.45. The number of benzene rings is 2. The first-order chi connectivity index (χ1) is 16.7. The van der Waals surface area contributed by atoms with Gasteiger partial charge in [0, 0.05) is 7.11 Å². The van der Waals surface area contributed by atoms with Crippen molar-refractivity contribution in [3.05, 3.63) is 72.5 Å². The lowest BCUT2D eigenvalue weighted by atomic mass is 9.76. The molecule has 4 atom stereocenters. The van der Waals surface area contributed by atoms with E-state index in [4.69, 9.17) is 23.4 Å². The summed E-state index contributed by atoms with van der Waals surface area (Å²) in [4.78, 5) is 0. The Morgan fingerprint density at radius 1 is 0.943 bits per heavy atom. The minimum atomic E-state index is -2.69. The predicted molar refractivity (Wildman–Crippen MR) is 141 cm³/mol. The van der Waals surface area contributed by atoms with Crippen LogP contribution in [0.2, 0.25) is 5.04 Å². The summed E-state index contributed by atoms with van der Waals surface area (Å²) in [6.45, 7) is 13.7. The smallest absolute Gasteiger partial charge is 0.261 e. The Balaban J connectivity index is 1.70. The molecule has 0 bridgehead atoms. The molecule has 2 heterocycles. The Morgan fingerprint density at radius 3 is 2.00 bits per heavy atom. The quantitative estimate of drug-likeness (QED) is 0.545. The lowest BCUT2D eigenvalue weighted by molar-refractivity contribution is -0.294. The number of hydrogen-bond donors (Lipinski definition) is 0. The Morgan fingerprint density at radius 2 is 1.51 bits per heavy atom. The van der Waals surface area contributed by atoms with Gasteiger partial charge in [-0.25, -0.2) is 0 Å². The molecule has 2 aliphatic heterocycles. The zero-order valence-corrected chi connectivity index (χ0v) is 23.1. The zero-order chi connectivity index (χ0) is 25.3. The third-order valence-corrected chi connectivity index (χ3v) is 12.5. The summed E-state index contributed by atoms with van der Waals surface area (Å²) in [6.07, 6.45) is 1.05. The van der Waals surface area contributed by atoms with Crippen LogP contribution in [-0.4, -0.2) is 53.2 Å². The highest BCUT2D eigenvalue weighted by atomic mass is 28.4. The third kappa shape index (κ3) is 4.63. The van der Waals surface area contributed by atoms with Crippen molar-refractivity contribution >= 4 is 18.7 Å². The molecule has 0 N–H and O–H groups in total. The van der Waals surface area contributed by atoms with E-state index in [1.165, 1.54) is 10.4 Å². The molecule has 0 radical (unpaired) electrons. The van der Waals surface area contributed by atoms with Crippen LogP contribution in [0.1, 0.15) is 41.5 Å². The second-order valence-corrected chi connectivity index (χ2v) is 15.3. The van der Waals surface area contributed by atoms with Crippen LogP contribution in [0.4, 0.5) is 0 Å². The third-order valence-electron chi connectivity index (χ3n) is 7.54. The molecule has 0 amide bonds. The van der Waals surface area contributed by atoms with Gasteiger partial charge in [-0.1, -0.05) is 95.3 Å². The van der Waals surface area contributed by atoms with Gasteiger partial charge >= 0.3 is 0 Å². The second kappa shape index (κ2) is 10.2. The van der Waals surface area contributed by atoms with E-state index in [-0.39, 0.29) is 41.7 Å². The van der Waals surface area contributed by atoms with Crippen molar-refractivity contribution in [3.63, 3.8) is 0 Å². The summed E-state index contributed by atoms with van der Waals surface area (Å²) in [6, 6.07) is 21.3. The van der Waals surface area contributed by atoms with Crippen LogP contribution in [0.5, 0.6) is 0 Å². The molecule has 0 spiro atoms.